The van der Waals surface area contributed by atoms with Crippen molar-refractivity contribution in [1.29, 1.82) is 0 Å². The lowest BCUT2D eigenvalue weighted by molar-refractivity contribution is -0.126. The molecule has 4 rings (SSSR count). The minimum Gasteiger partial charge on any atom is -0.352 e. The Morgan fingerprint density at radius 1 is 1.03 bits per heavy atom. The molecule has 9 heteroatoms. The third-order valence-electron chi connectivity index (χ3n) is 5.95. The van der Waals surface area contributed by atoms with E-state index >= 15 is 0 Å². The molecule has 0 bridgehead atoms. The number of piperidine rings is 1. The van der Waals surface area contributed by atoms with Crippen LogP contribution in [0.2, 0.25) is 0 Å². The number of sulfonamides is 1. The largest absolute Gasteiger partial charge is 0.352 e. The molecule has 1 aromatic carbocycles. The maximum Gasteiger partial charge on any atom is 0.253 e. The van der Waals surface area contributed by atoms with Crippen molar-refractivity contribution >= 4 is 33.2 Å². The van der Waals surface area contributed by atoms with Gasteiger partial charge in [0.1, 0.15) is 4.21 Å². The first-order valence-corrected chi connectivity index (χ1v) is 13.0. The molecule has 2 aliphatic heterocycles. The van der Waals surface area contributed by atoms with Gasteiger partial charge in [-0.15, -0.1) is 11.3 Å². The molecule has 0 aliphatic carbocycles. The van der Waals surface area contributed by atoms with Crippen LogP contribution in [0, 0.1) is 5.92 Å². The van der Waals surface area contributed by atoms with Crippen LogP contribution in [0.1, 0.15) is 41.6 Å². The van der Waals surface area contributed by atoms with Gasteiger partial charge in [-0.25, -0.2) is 8.42 Å². The highest BCUT2D eigenvalue weighted by Crippen LogP contribution is 2.26. The van der Waals surface area contributed by atoms with Gasteiger partial charge in [-0.1, -0.05) is 18.2 Å². The minimum atomic E-state index is -3.46. The van der Waals surface area contributed by atoms with E-state index in [0.29, 0.717) is 42.2 Å². The Kier molecular flexibility index (Phi) is 6.74. The van der Waals surface area contributed by atoms with Gasteiger partial charge in [0.2, 0.25) is 5.91 Å². The van der Waals surface area contributed by atoms with Gasteiger partial charge in [-0.3, -0.25) is 9.59 Å². The Morgan fingerprint density at radius 2 is 1.77 bits per heavy atom. The Hall–Kier alpha value is -2.23. The van der Waals surface area contributed by atoms with Crippen molar-refractivity contribution < 1.29 is 18.0 Å². The molecule has 2 aliphatic rings. The molecule has 0 unspecified atom stereocenters. The normalized spacial score (nSPS) is 18.3. The summed E-state index contributed by atoms with van der Waals surface area (Å²) in [7, 11) is -3.46. The molecule has 0 radical (unpaired) electrons. The molecule has 2 saturated heterocycles. The van der Waals surface area contributed by atoms with E-state index in [1.165, 1.54) is 15.6 Å². The van der Waals surface area contributed by atoms with Crippen LogP contribution in [0.15, 0.2) is 46.0 Å². The Balaban J connectivity index is 1.29. The monoisotopic (exact) mass is 461 g/mol. The number of likely N-dealkylation sites (tertiary alicyclic amines) is 1. The summed E-state index contributed by atoms with van der Waals surface area (Å²) in [5.41, 5.74) is 1.54. The van der Waals surface area contributed by atoms with Crippen molar-refractivity contribution in [2.45, 2.75) is 36.4 Å². The standard InChI is InChI=1S/C22H27N3O4S2/c26-21(18-8-12-25(13-9-18)31(28,29)20-7-4-14-30-20)23-16-17-5-3-6-19(15-17)22(27)24-10-1-2-11-24/h3-7,14-15,18H,1-2,8-13,16H2,(H,23,26). The maximum absolute atomic E-state index is 12.6. The van der Waals surface area contributed by atoms with E-state index in [-0.39, 0.29) is 17.7 Å². The number of carbonyl (C=O) groups is 2. The summed E-state index contributed by atoms with van der Waals surface area (Å²) in [6.07, 6.45) is 3.11. The van der Waals surface area contributed by atoms with Crippen LogP contribution in [-0.4, -0.2) is 55.6 Å². The number of carbonyl (C=O) groups excluding carboxylic acids is 2. The zero-order valence-electron chi connectivity index (χ0n) is 17.3. The third kappa shape index (κ3) is 4.99. The van der Waals surface area contributed by atoms with Gasteiger partial charge in [-0.2, -0.15) is 4.31 Å². The molecular weight excluding hydrogens is 434 g/mol. The first kappa shape index (κ1) is 22.0. The van der Waals surface area contributed by atoms with Crippen molar-refractivity contribution in [3.63, 3.8) is 0 Å². The highest BCUT2D eigenvalue weighted by Gasteiger charge is 2.32. The summed E-state index contributed by atoms with van der Waals surface area (Å²) in [5.74, 6) is -0.223. The van der Waals surface area contributed by atoms with Crippen molar-refractivity contribution in [3.05, 3.63) is 52.9 Å². The number of amides is 2. The third-order valence-corrected chi connectivity index (χ3v) is 9.22. The maximum atomic E-state index is 12.6. The fourth-order valence-corrected chi connectivity index (χ4v) is 6.76. The molecular formula is C22H27N3O4S2. The topological polar surface area (TPSA) is 86.8 Å². The van der Waals surface area contributed by atoms with Gasteiger partial charge in [0.05, 0.1) is 0 Å². The van der Waals surface area contributed by atoms with E-state index in [1.54, 1.807) is 17.5 Å². The molecule has 0 saturated carbocycles. The van der Waals surface area contributed by atoms with Gasteiger partial charge in [0.25, 0.3) is 15.9 Å². The summed E-state index contributed by atoms with van der Waals surface area (Å²) in [6, 6.07) is 10.7. The molecule has 0 spiro atoms. The average molecular weight is 462 g/mol. The van der Waals surface area contributed by atoms with Gasteiger partial charge < -0.3 is 10.2 Å². The van der Waals surface area contributed by atoms with Crippen LogP contribution in [-0.2, 0) is 21.4 Å². The molecule has 2 amide bonds. The van der Waals surface area contributed by atoms with Crippen molar-refractivity contribution in [2.75, 3.05) is 26.2 Å². The lowest BCUT2D eigenvalue weighted by atomic mass is 9.97. The average Bonchev–Trinajstić information content (AvgIpc) is 3.52. The summed E-state index contributed by atoms with van der Waals surface area (Å²) >= 11 is 1.21. The molecule has 2 aromatic rings. The summed E-state index contributed by atoms with van der Waals surface area (Å²) in [4.78, 5) is 27.1. The lowest BCUT2D eigenvalue weighted by Gasteiger charge is -2.30. The van der Waals surface area contributed by atoms with E-state index in [9.17, 15) is 18.0 Å². The minimum absolute atomic E-state index is 0.0463. The van der Waals surface area contributed by atoms with Gasteiger partial charge in [0.15, 0.2) is 0 Å². The van der Waals surface area contributed by atoms with E-state index in [1.807, 2.05) is 29.2 Å². The van der Waals surface area contributed by atoms with Crippen molar-refractivity contribution in [3.8, 4) is 0 Å². The van der Waals surface area contributed by atoms with E-state index in [0.717, 1.165) is 31.5 Å². The van der Waals surface area contributed by atoms with Crippen LogP contribution in [0.25, 0.3) is 0 Å². The SMILES string of the molecule is O=C(NCc1cccc(C(=O)N2CCCC2)c1)C1CCN(S(=O)(=O)c2cccs2)CC1. The highest BCUT2D eigenvalue weighted by molar-refractivity contribution is 7.91. The predicted molar refractivity (Wildman–Crippen MR) is 119 cm³/mol. The Labute approximate surface area is 187 Å². The van der Waals surface area contributed by atoms with Crippen LogP contribution in [0.4, 0.5) is 0 Å². The zero-order chi connectivity index (χ0) is 21.8. The quantitative estimate of drug-likeness (QED) is 0.717. The van der Waals surface area contributed by atoms with Gasteiger partial charge >= 0.3 is 0 Å². The molecule has 0 atom stereocenters. The molecule has 2 fully saturated rings. The first-order chi connectivity index (χ1) is 14.9. The zero-order valence-corrected chi connectivity index (χ0v) is 19.0. The second-order valence-electron chi connectivity index (χ2n) is 8.03. The first-order valence-electron chi connectivity index (χ1n) is 10.6. The second-order valence-corrected chi connectivity index (χ2v) is 11.1. The van der Waals surface area contributed by atoms with Crippen LogP contribution >= 0.6 is 11.3 Å². The fraction of sp³-hybridized carbons (Fsp3) is 0.455. The summed E-state index contributed by atoms with van der Waals surface area (Å²) < 4.78 is 27.1. The summed E-state index contributed by atoms with van der Waals surface area (Å²) in [5, 5.41) is 4.71. The van der Waals surface area contributed by atoms with Gasteiger partial charge in [0, 0.05) is 44.2 Å². The summed E-state index contributed by atoms with van der Waals surface area (Å²) in [6.45, 7) is 2.66. The number of thiophene rings is 1. The Morgan fingerprint density at radius 3 is 2.45 bits per heavy atom. The molecule has 1 N–H and O–H groups in total. The predicted octanol–water partition coefficient (Wildman–Crippen LogP) is 2.70. The molecule has 166 valence electrons. The van der Waals surface area contributed by atoms with E-state index in [4.69, 9.17) is 0 Å². The lowest BCUT2D eigenvalue weighted by Crippen LogP contribution is -2.42. The second kappa shape index (κ2) is 9.50. The number of hydrogen-bond acceptors (Lipinski definition) is 5. The molecule has 7 nitrogen and oxygen atoms in total. The molecule has 1 aromatic heterocycles. The van der Waals surface area contributed by atoms with Crippen LogP contribution < -0.4 is 5.32 Å². The van der Waals surface area contributed by atoms with E-state index in [2.05, 4.69) is 5.32 Å². The number of hydrogen-bond donors (Lipinski definition) is 1. The highest BCUT2D eigenvalue weighted by atomic mass is 32.2. The van der Waals surface area contributed by atoms with Crippen LogP contribution in [0.3, 0.4) is 0 Å². The van der Waals surface area contributed by atoms with E-state index < -0.39 is 10.0 Å². The number of nitrogens with one attached hydrogen (secondary N) is 1. The van der Waals surface area contributed by atoms with Crippen molar-refractivity contribution in [2.24, 2.45) is 5.92 Å². The number of benzene rings is 1. The number of nitrogens with zero attached hydrogens (tertiary/aromatic N) is 2. The smallest absolute Gasteiger partial charge is 0.253 e. The molecule has 31 heavy (non-hydrogen) atoms. The Bertz CT molecular complexity index is 1020. The van der Waals surface area contributed by atoms with Gasteiger partial charge in [-0.05, 0) is 54.8 Å². The fourth-order valence-electron chi connectivity index (χ4n) is 4.15. The number of rotatable bonds is 6. The van der Waals surface area contributed by atoms with Crippen LogP contribution in [0.5, 0.6) is 0 Å². The van der Waals surface area contributed by atoms with Crippen molar-refractivity contribution in [1.82, 2.24) is 14.5 Å². The molecule has 3 heterocycles.